The number of carbonyl (C=O) groups is 2. The summed E-state index contributed by atoms with van der Waals surface area (Å²) in [5, 5.41) is 11.9. The van der Waals surface area contributed by atoms with E-state index in [9.17, 15) is 9.59 Å². The van der Waals surface area contributed by atoms with Gasteiger partial charge in [0, 0.05) is 0 Å². The van der Waals surface area contributed by atoms with E-state index in [-0.39, 0.29) is 18.0 Å². The fraction of sp³-hybridized carbons (Fsp3) is 0.600. The smallest absolute Gasteiger partial charge is 0.408 e. The van der Waals surface area contributed by atoms with Crippen LogP contribution >= 0.6 is 0 Å². The first-order chi connectivity index (χ1) is 7.02. The maximum atomic E-state index is 11.6. The molecule has 15 heavy (non-hydrogen) atoms. The van der Waals surface area contributed by atoms with E-state index in [0.717, 1.165) is 12.0 Å². The highest BCUT2D eigenvalue weighted by Gasteiger charge is 2.49. The molecule has 0 aromatic carbocycles. The Bertz CT molecular complexity index is 340. The lowest BCUT2D eigenvalue weighted by Gasteiger charge is -2.38. The summed E-state index contributed by atoms with van der Waals surface area (Å²) in [7, 11) is 0. The van der Waals surface area contributed by atoms with Crippen molar-refractivity contribution in [1.29, 1.82) is 0 Å². The normalized spacial score (nSPS) is 33.8. The van der Waals surface area contributed by atoms with Crippen molar-refractivity contribution in [2.45, 2.75) is 37.9 Å². The average molecular weight is 210 g/mol. The number of nitrogens with zero attached hydrogens (tertiary/aromatic N) is 1. The molecule has 2 heterocycles. The Morgan fingerprint density at radius 2 is 2.27 bits per heavy atom. The van der Waals surface area contributed by atoms with Gasteiger partial charge in [-0.1, -0.05) is 12.2 Å². The molecular formula is C10H14N2O3. The largest absolute Gasteiger partial charge is 0.465 e. The van der Waals surface area contributed by atoms with Crippen LogP contribution in [0.3, 0.4) is 0 Å². The number of carboxylic acid groups (broad SMARTS) is 1. The number of hydrogen-bond acceptors (Lipinski definition) is 2. The molecule has 2 rings (SSSR count). The van der Waals surface area contributed by atoms with E-state index >= 15 is 0 Å². The molecule has 0 unspecified atom stereocenters. The van der Waals surface area contributed by atoms with Crippen molar-refractivity contribution in [3.05, 3.63) is 12.2 Å². The minimum atomic E-state index is -1.01. The number of hydrogen-bond donors (Lipinski definition) is 2. The Morgan fingerprint density at radius 3 is 2.80 bits per heavy atom. The van der Waals surface area contributed by atoms with Gasteiger partial charge in [-0.3, -0.25) is 9.69 Å². The third-order valence-electron chi connectivity index (χ3n) is 3.17. The maximum absolute atomic E-state index is 11.6. The molecule has 0 aromatic heterocycles. The number of carbonyl (C=O) groups excluding carboxylic acids is 1. The van der Waals surface area contributed by atoms with Crippen LogP contribution in [0.15, 0.2) is 12.2 Å². The van der Waals surface area contributed by atoms with E-state index in [0.29, 0.717) is 6.42 Å². The van der Waals surface area contributed by atoms with Gasteiger partial charge in [-0.05, 0) is 19.8 Å². The predicted octanol–water partition coefficient (Wildman–Crippen LogP) is 0.572. The zero-order valence-electron chi connectivity index (χ0n) is 8.56. The van der Waals surface area contributed by atoms with E-state index < -0.39 is 12.1 Å². The zero-order valence-corrected chi connectivity index (χ0v) is 8.56. The highest BCUT2D eigenvalue weighted by Crippen LogP contribution is 2.32. The number of piperazine rings is 1. The van der Waals surface area contributed by atoms with Gasteiger partial charge in [0.1, 0.15) is 6.04 Å². The Balaban J connectivity index is 2.32. The fourth-order valence-corrected chi connectivity index (χ4v) is 2.50. The van der Waals surface area contributed by atoms with Gasteiger partial charge in [0.05, 0.1) is 12.1 Å². The SMILES string of the molecule is C=C(C)[C@H]1NC(=O)[C@@H]2CC[C@H]1N2C(=O)O. The van der Waals surface area contributed by atoms with Crippen LogP contribution in [0, 0.1) is 0 Å². The minimum absolute atomic E-state index is 0.136. The van der Waals surface area contributed by atoms with Gasteiger partial charge in [-0.25, -0.2) is 4.79 Å². The van der Waals surface area contributed by atoms with Crippen LogP contribution in [0.25, 0.3) is 0 Å². The van der Waals surface area contributed by atoms with Gasteiger partial charge < -0.3 is 10.4 Å². The van der Waals surface area contributed by atoms with Crippen LogP contribution in [-0.2, 0) is 4.79 Å². The summed E-state index contributed by atoms with van der Waals surface area (Å²) >= 11 is 0. The molecule has 3 atom stereocenters. The van der Waals surface area contributed by atoms with Crippen LogP contribution in [0.2, 0.25) is 0 Å². The molecule has 2 aliphatic rings. The van der Waals surface area contributed by atoms with Crippen LogP contribution < -0.4 is 5.32 Å². The predicted molar refractivity (Wildman–Crippen MR) is 53.4 cm³/mol. The summed E-state index contributed by atoms with van der Waals surface area (Å²) in [4.78, 5) is 23.9. The second kappa shape index (κ2) is 3.25. The monoisotopic (exact) mass is 210 g/mol. The number of rotatable bonds is 1. The lowest BCUT2D eigenvalue weighted by Crippen LogP contribution is -2.62. The molecule has 0 aliphatic carbocycles. The van der Waals surface area contributed by atoms with E-state index in [1.165, 1.54) is 4.90 Å². The topological polar surface area (TPSA) is 69.6 Å². The van der Waals surface area contributed by atoms with Crippen LogP contribution in [-0.4, -0.2) is 40.1 Å². The Kier molecular flexibility index (Phi) is 2.17. The molecular weight excluding hydrogens is 196 g/mol. The molecule has 2 saturated heterocycles. The van der Waals surface area contributed by atoms with E-state index in [1.54, 1.807) is 0 Å². The lowest BCUT2D eigenvalue weighted by molar-refractivity contribution is -0.128. The first kappa shape index (κ1) is 10.0. The molecule has 0 radical (unpaired) electrons. The molecule has 5 nitrogen and oxygen atoms in total. The van der Waals surface area contributed by atoms with E-state index in [2.05, 4.69) is 11.9 Å². The Labute approximate surface area is 87.7 Å². The van der Waals surface area contributed by atoms with Crippen molar-refractivity contribution < 1.29 is 14.7 Å². The number of fused-ring (bicyclic) bond motifs is 2. The van der Waals surface area contributed by atoms with E-state index in [1.807, 2.05) is 6.92 Å². The molecule has 2 bridgehead atoms. The Hall–Kier alpha value is -1.52. The molecule has 2 N–H and O–H groups in total. The maximum Gasteiger partial charge on any atom is 0.408 e. The minimum Gasteiger partial charge on any atom is -0.465 e. The summed E-state index contributed by atoms with van der Waals surface area (Å²) < 4.78 is 0. The molecule has 0 saturated carbocycles. The van der Waals surface area contributed by atoms with Crippen molar-refractivity contribution in [3.63, 3.8) is 0 Å². The third-order valence-corrected chi connectivity index (χ3v) is 3.17. The highest BCUT2D eigenvalue weighted by molar-refractivity contribution is 5.88. The van der Waals surface area contributed by atoms with Crippen molar-refractivity contribution in [1.82, 2.24) is 10.2 Å². The van der Waals surface area contributed by atoms with Crippen molar-refractivity contribution >= 4 is 12.0 Å². The summed E-state index contributed by atoms with van der Waals surface area (Å²) in [5.74, 6) is -0.195. The van der Waals surface area contributed by atoms with Gasteiger partial charge in [-0.15, -0.1) is 0 Å². The van der Waals surface area contributed by atoms with Crippen LogP contribution in [0.4, 0.5) is 4.79 Å². The molecule has 5 heteroatoms. The highest BCUT2D eigenvalue weighted by atomic mass is 16.4. The van der Waals surface area contributed by atoms with Crippen LogP contribution in [0.1, 0.15) is 19.8 Å². The average Bonchev–Trinajstić information content (AvgIpc) is 2.50. The van der Waals surface area contributed by atoms with Crippen molar-refractivity contribution in [2.75, 3.05) is 0 Å². The van der Waals surface area contributed by atoms with Crippen LogP contribution in [0.5, 0.6) is 0 Å². The quantitative estimate of drug-likeness (QED) is 0.622. The van der Waals surface area contributed by atoms with Crippen molar-refractivity contribution in [2.24, 2.45) is 0 Å². The first-order valence-corrected chi connectivity index (χ1v) is 4.99. The second-order valence-corrected chi connectivity index (χ2v) is 4.18. The van der Waals surface area contributed by atoms with Gasteiger partial charge in [0.25, 0.3) is 0 Å². The van der Waals surface area contributed by atoms with Gasteiger partial charge >= 0.3 is 6.09 Å². The lowest BCUT2D eigenvalue weighted by atomic mass is 9.99. The molecule has 82 valence electrons. The van der Waals surface area contributed by atoms with Gasteiger partial charge in [0.15, 0.2) is 0 Å². The summed E-state index contributed by atoms with van der Waals surface area (Å²) in [6, 6.07) is -0.863. The summed E-state index contributed by atoms with van der Waals surface area (Å²) in [6.45, 7) is 5.60. The van der Waals surface area contributed by atoms with Crippen molar-refractivity contribution in [3.8, 4) is 0 Å². The molecule has 0 aromatic rings. The van der Waals surface area contributed by atoms with Gasteiger partial charge in [0.2, 0.25) is 5.91 Å². The summed E-state index contributed by atoms with van der Waals surface area (Å²) in [5.41, 5.74) is 0.806. The number of nitrogens with one attached hydrogen (secondary N) is 1. The standard InChI is InChI=1S/C10H14N2O3/c1-5(2)8-6-3-4-7(9(13)11-8)12(6)10(14)15/h6-8H,1,3-4H2,2H3,(H,11,13)(H,14,15)/t6-,7+,8-/m1/s1. The first-order valence-electron chi connectivity index (χ1n) is 4.99. The third kappa shape index (κ3) is 1.38. The molecule has 2 amide bonds. The second-order valence-electron chi connectivity index (χ2n) is 4.18. The fourth-order valence-electron chi connectivity index (χ4n) is 2.50. The van der Waals surface area contributed by atoms with Gasteiger partial charge in [-0.2, -0.15) is 0 Å². The molecule has 2 aliphatic heterocycles. The number of amides is 2. The summed E-state index contributed by atoms with van der Waals surface area (Å²) in [6.07, 6.45) is 0.336. The zero-order chi connectivity index (χ0) is 11.2. The molecule has 0 spiro atoms. The molecule has 2 fully saturated rings. The Morgan fingerprint density at radius 1 is 1.60 bits per heavy atom. The van der Waals surface area contributed by atoms with E-state index in [4.69, 9.17) is 5.11 Å².